The summed E-state index contributed by atoms with van der Waals surface area (Å²) in [5.74, 6) is 0.745. The van der Waals surface area contributed by atoms with Crippen molar-refractivity contribution in [1.29, 1.82) is 0 Å². The maximum atomic E-state index is 11.6. The largest absolute Gasteiger partial charge is 0.467 e. The van der Waals surface area contributed by atoms with E-state index in [1.54, 1.807) is 13.3 Å². The van der Waals surface area contributed by atoms with Crippen molar-refractivity contribution in [3.8, 4) is 0 Å². The molecule has 4 nitrogen and oxygen atoms in total. The maximum absolute atomic E-state index is 11.6. The minimum atomic E-state index is -0.305. The monoisotopic (exact) mass is 258 g/mol. The lowest BCUT2D eigenvalue weighted by Crippen LogP contribution is -2.42. The van der Waals surface area contributed by atoms with Crippen LogP contribution < -0.4 is 10.6 Å². The molecule has 0 fully saturated rings. The molecule has 0 aliphatic heterocycles. The van der Waals surface area contributed by atoms with Crippen molar-refractivity contribution in [2.24, 2.45) is 0 Å². The fourth-order valence-corrected chi connectivity index (χ4v) is 1.99. The Kier molecular flexibility index (Phi) is 4.36. The molecule has 0 aliphatic carbocycles. The molecule has 0 radical (unpaired) electrons. The highest BCUT2D eigenvalue weighted by atomic mass is 16.3. The average Bonchev–Trinajstić information content (AvgIpc) is 2.98. The van der Waals surface area contributed by atoms with Gasteiger partial charge in [0.15, 0.2) is 0 Å². The predicted molar refractivity (Wildman–Crippen MR) is 73.7 cm³/mol. The number of rotatable bonds is 5. The average molecular weight is 258 g/mol. The Labute approximate surface area is 112 Å². The minimum absolute atomic E-state index is 0.0486. The van der Waals surface area contributed by atoms with Crippen molar-refractivity contribution < 1.29 is 9.21 Å². The summed E-state index contributed by atoms with van der Waals surface area (Å²) in [5, 5.41) is 5.92. The van der Waals surface area contributed by atoms with Crippen molar-refractivity contribution in [2.45, 2.75) is 19.0 Å². The Morgan fingerprint density at radius 3 is 2.47 bits per heavy atom. The van der Waals surface area contributed by atoms with Gasteiger partial charge in [-0.15, -0.1) is 0 Å². The van der Waals surface area contributed by atoms with Gasteiger partial charge in [-0.2, -0.15) is 0 Å². The van der Waals surface area contributed by atoms with Crippen LogP contribution >= 0.6 is 0 Å². The zero-order chi connectivity index (χ0) is 13.7. The lowest BCUT2D eigenvalue weighted by molar-refractivity contribution is -0.122. The molecular formula is C15H18N2O2. The van der Waals surface area contributed by atoms with E-state index < -0.39 is 0 Å². The quantitative estimate of drug-likeness (QED) is 0.863. The summed E-state index contributed by atoms with van der Waals surface area (Å²) < 4.78 is 5.47. The van der Waals surface area contributed by atoms with E-state index in [2.05, 4.69) is 10.6 Å². The highest BCUT2D eigenvalue weighted by Crippen LogP contribution is 2.22. The highest BCUT2D eigenvalue weighted by Gasteiger charge is 2.21. The van der Waals surface area contributed by atoms with Crippen molar-refractivity contribution >= 4 is 5.91 Å². The molecule has 0 aliphatic rings. The highest BCUT2D eigenvalue weighted by molar-refractivity contribution is 5.81. The molecule has 0 saturated heterocycles. The second-order valence-electron chi connectivity index (χ2n) is 4.36. The van der Waals surface area contributed by atoms with Crippen molar-refractivity contribution in [3.05, 3.63) is 60.1 Å². The third-order valence-electron chi connectivity index (χ3n) is 3.02. The second kappa shape index (κ2) is 6.20. The van der Waals surface area contributed by atoms with Crippen LogP contribution in [-0.4, -0.2) is 19.0 Å². The van der Waals surface area contributed by atoms with Gasteiger partial charge in [0.1, 0.15) is 5.76 Å². The normalized spacial score (nSPS) is 13.8. The zero-order valence-electron chi connectivity index (χ0n) is 11.1. The van der Waals surface area contributed by atoms with Gasteiger partial charge >= 0.3 is 0 Å². The number of nitrogens with one attached hydrogen (secondary N) is 2. The lowest BCUT2D eigenvalue weighted by Gasteiger charge is -2.21. The molecule has 1 heterocycles. The SMILES string of the molecule is CNC(=O)[C@@H](C)N[C@@H](c1ccccc1)c1ccco1. The lowest BCUT2D eigenvalue weighted by atomic mass is 10.0. The van der Waals surface area contributed by atoms with Gasteiger partial charge in [0.2, 0.25) is 5.91 Å². The van der Waals surface area contributed by atoms with E-state index in [0.29, 0.717) is 0 Å². The fraction of sp³-hybridized carbons (Fsp3) is 0.267. The van der Waals surface area contributed by atoms with Crippen LogP contribution in [0.4, 0.5) is 0 Å². The van der Waals surface area contributed by atoms with Crippen LogP contribution in [0.1, 0.15) is 24.3 Å². The summed E-state index contributed by atoms with van der Waals surface area (Å²) in [6.45, 7) is 1.83. The molecule has 100 valence electrons. The van der Waals surface area contributed by atoms with E-state index >= 15 is 0 Å². The molecule has 0 saturated carbocycles. The molecule has 4 heteroatoms. The standard InChI is InChI=1S/C15H18N2O2/c1-11(15(18)16-2)17-14(13-9-6-10-19-13)12-7-4-3-5-8-12/h3-11,14,17H,1-2H3,(H,16,18)/t11-,14+/m1/s1. The first-order chi connectivity index (χ1) is 9.22. The summed E-state index contributed by atoms with van der Waals surface area (Å²) in [6, 6.07) is 13.2. The Balaban J connectivity index is 2.24. The summed E-state index contributed by atoms with van der Waals surface area (Å²) in [6.07, 6.45) is 1.64. The van der Waals surface area contributed by atoms with E-state index in [9.17, 15) is 4.79 Å². The first-order valence-electron chi connectivity index (χ1n) is 6.28. The number of carbonyl (C=O) groups is 1. The van der Waals surface area contributed by atoms with Gasteiger partial charge in [-0.25, -0.2) is 0 Å². The van der Waals surface area contributed by atoms with Crippen molar-refractivity contribution in [1.82, 2.24) is 10.6 Å². The van der Waals surface area contributed by atoms with Gasteiger partial charge in [0, 0.05) is 7.05 Å². The van der Waals surface area contributed by atoms with Crippen LogP contribution in [0.15, 0.2) is 53.1 Å². The number of carbonyl (C=O) groups excluding carboxylic acids is 1. The Morgan fingerprint density at radius 1 is 1.16 bits per heavy atom. The number of furan rings is 1. The van der Waals surface area contributed by atoms with Crippen molar-refractivity contribution in [3.63, 3.8) is 0 Å². The Morgan fingerprint density at radius 2 is 1.89 bits per heavy atom. The molecule has 2 N–H and O–H groups in total. The summed E-state index contributed by atoms with van der Waals surface area (Å²) in [4.78, 5) is 11.6. The second-order valence-corrected chi connectivity index (χ2v) is 4.36. The van der Waals surface area contributed by atoms with Crippen LogP contribution in [0.2, 0.25) is 0 Å². The number of amides is 1. The summed E-state index contributed by atoms with van der Waals surface area (Å²) in [7, 11) is 1.63. The number of benzene rings is 1. The topological polar surface area (TPSA) is 54.3 Å². The number of hydrogen-bond acceptors (Lipinski definition) is 3. The van der Waals surface area contributed by atoms with E-state index in [-0.39, 0.29) is 18.0 Å². The molecule has 1 aromatic carbocycles. The third-order valence-corrected chi connectivity index (χ3v) is 3.02. The minimum Gasteiger partial charge on any atom is -0.467 e. The van der Waals surface area contributed by atoms with Gasteiger partial charge in [-0.3, -0.25) is 10.1 Å². The van der Waals surface area contributed by atoms with Gasteiger partial charge in [-0.1, -0.05) is 30.3 Å². The first kappa shape index (κ1) is 13.4. The smallest absolute Gasteiger partial charge is 0.236 e. The molecule has 19 heavy (non-hydrogen) atoms. The van der Waals surface area contributed by atoms with Gasteiger partial charge in [0.05, 0.1) is 18.3 Å². The van der Waals surface area contributed by atoms with E-state index in [0.717, 1.165) is 11.3 Å². The molecule has 0 unspecified atom stereocenters. The van der Waals surface area contributed by atoms with E-state index in [4.69, 9.17) is 4.42 Å². The summed E-state index contributed by atoms with van der Waals surface area (Å²) >= 11 is 0. The summed E-state index contributed by atoms with van der Waals surface area (Å²) in [5.41, 5.74) is 1.06. The van der Waals surface area contributed by atoms with Crippen LogP contribution in [-0.2, 0) is 4.79 Å². The van der Waals surface area contributed by atoms with Gasteiger partial charge in [0.25, 0.3) is 0 Å². The fourth-order valence-electron chi connectivity index (χ4n) is 1.99. The molecule has 0 bridgehead atoms. The van der Waals surface area contributed by atoms with Crippen LogP contribution in [0, 0.1) is 0 Å². The molecule has 1 aromatic heterocycles. The molecule has 2 rings (SSSR count). The van der Waals surface area contributed by atoms with E-state index in [1.807, 2.05) is 49.4 Å². The zero-order valence-corrected chi connectivity index (χ0v) is 11.1. The van der Waals surface area contributed by atoms with Crippen LogP contribution in [0.3, 0.4) is 0 Å². The molecule has 2 atom stereocenters. The van der Waals surface area contributed by atoms with Gasteiger partial charge < -0.3 is 9.73 Å². The van der Waals surface area contributed by atoms with Crippen LogP contribution in [0.5, 0.6) is 0 Å². The molecular weight excluding hydrogens is 240 g/mol. The molecule has 2 aromatic rings. The third kappa shape index (κ3) is 3.23. The molecule has 1 amide bonds. The Bertz CT molecular complexity index is 508. The molecule has 0 spiro atoms. The first-order valence-corrected chi connectivity index (χ1v) is 6.28. The number of likely N-dealkylation sites (N-methyl/N-ethyl adjacent to an activating group) is 1. The Hall–Kier alpha value is -2.07. The maximum Gasteiger partial charge on any atom is 0.236 e. The number of hydrogen-bond donors (Lipinski definition) is 2. The van der Waals surface area contributed by atoms with Gasteiger partial charge in [-0.05, 0) is 24.6 Å². The van der Waals surface area contributed by atoms with E-state index in [1.165, 1.54) is 0 Å². The predicted octanol–water partition coefficient (Wildman–Crippen LogP) is 2.09. The van der Waals surface area contributed by atoms with Crippen LogP contribution in [0.25, 0.3) is 0 Å². The van der Waals surface area contributed by atoms with Crippen molar-refractivity contribution in [2.75, 3.05) is 7.05 Å².